The molecule has 0 spiro atoms. The molecule has 1 aromatic heterocycles. The maximum atomic E-state index is 12.7. The van der Waals surface area contributed by atoms with Crippen molar-refractivity contribution in [1.29, 1.82) is 0 Å². The van der Waals surface area contributed by atoms with Crippen molar-refractivity contribution in [2.24, 2.45) is 0 Å². The first-order chi connectivity index (χ1) is 8.66. The summed E-state index contributed by atoms with van der Waals surface area (Å²) >= 11 is 0. The summed E-state index contributed by atoms with van der Waals surface area (Å²) in [6, 6.07) is 2.95. The van der Waals surface area contributed by atoms with Crippen LogP contribution in [-0.2, 0) is 4.79 Å². The van der Waals surface area contributed by atoms with Gasteiger partial charge in [-0.2, -0.15) is 0 Å². The lowest BCUT2D eigenvalue weighted by atomic mass is 10.2. The van der Waals surface area contributed by atoms with Crippen molar-refractivity contribution in [3.8, 4) is 0 Å². The Morgan fingerprint density at radius 3 is 2.83 bits per heavy atom. The lowest BCUT2D eigenvalue weighted by Crippen LogP contribution is -2.37. The normalized spacial score (nSPS) is 16.9. The first kappa shape index (κ1) is 13.0. The highest BCUT2D eigenvalue weighted by Gasteiger charge is 2.18. The lowest BCUT2D eigenvalue weighted by molar-refractivity contribution is -0.129. The molecule has 1 atom stereocenters. The number of carbonyl (C=O) groups is 1. The Labute approximate surface area is 106 Å². The van der Waals surface area contributed by atoms with Crippen molar-refractivity contribution in [2.75, 3.05) is 19.6 Å². The molecule has 4 nitrogen and oxygen atoms in total. The molecule has 0 saturated carbocycles. The molecule has 1 aliphatic heterocycles. The maximum Gasteiger partial charge on any atom is 0.236 e. The third-order valence-electron chi connectivity index (χ3n) is 3.21. The highest BCUT2D eigenvalue weighted by molar-refractivity contribution is 5.78. The van der Waals surface area contributed by atoms with E-state index in [9.17, 15) is 9.18 Å². The molecule has 1 saturated heterocycles. The second-order valence-electron chi connectivity index (χ2n) is 4.59. The molecule has 0 aliphatic carbocycles. The number of nitrogens with zero attached hydrogens (tertiary/aromatic N) is 2. The zero-order chi connectivity index (χ0) is 13.0. The van der Waals surface area contributed by atoms with Crippen LogP contribution in [-0.4, -0.2) is 35.4 Å². The summed E-state index contributed by atoms with van der Waals surface area (Å²) in [7, 11) is 0. The fourth-order valence-corrected chi connectivity index (χ4v) is 2.07. The van der Waals surface area contributed by atoms with Crippen molar-refractivity contribution in [1.82, 2.24) is 15.2 Å². The van der Waals surface area contributed by atoms with E-state index in [2.05, 4.69) is 10.3 Å². The second kappa shape index (κ2) is 5.91. The number of nitrogens with one attached hydrogen (secondary N) is 1. The van der Waals surface area contributed by atoms with Gasteiger partial charge in [-0.3, -0.25) is 9.78 Å². The Morgan fingerprint density at radius 2 is 2.22 bits per heavy atom. The van der Waals surface area contributed by atoms with Gasteiger partial charge in [0.25, 0.3) is 0 Å². The fourth-order valence-electron chi connectivity index (χ4n) is 2.07. The number of pyridine rings is 1. The molecule has 5 heteroatoms. The van der Waals surface area contributed by atoms with Gasteiger partial charge in [-0.05, 0) is 31.9 Å². The molecule has 0 radical (unpaired) electrons. The number of amides is 1. The smallest absolute Gasteiger partial charge is 0.236 e. The zero-order valence-corrected chi connectivity index (χ0v) is 10.5. The van der Waals surface area contributed by atoms with Crippen LogP contribution >= 0.6 is 0 Å². The van der Waals surface area contributed by atoms with Crippen LogP contribution in [0.5, 0.6) is 0 Å². The van der Waals surface area contributed by atoms with E-state index in [1.165, 1.54) is 12.3 Å². The van der Waals surface area contributed by atoms with E-state index < -0.39 is 0 Å². The minimum atomic E-state index is -0.348. The molecular weight excluding hydrogens is 233 g/mol. The summed E-state index contributed by atoms with van der Waals surface area (Å²) in [5.41, 5.74) is 0.741. The van der Waals surface area contributed by atoms with Gasteiger partial charge >= 0.3 is 0 Å². The SMILES string of the molecule is CC(NCC(=O)N1CCCC1)c1ccc(F)cn1. The van der Waals surface area contributed by atoms with Crippen molar-refractivity contribution in [2.45, 2.75) is 25.8 Å². The molecule has 98 valence electrons. The van der Waals surface area contributed by atoms with E-state index in [1.807, 2.05) is 11.8 Å². The quantitative estimate of drug-likeness (QED) is 0.882. The molecule has 2 rings (SSSR count). The molecule has 0 aromatic carbocycles. The number of rotatable bonds is 4. The first-order valence-electron chi connectivity index (χ1n) is 6.29. The maximum absolute atomic E-state index is 12.7. The van der Waals surface area contributed by atoms with Gasteiger partial charge in [0.2, 0.25) is 5.91 Å². The van der Waals surface area contributed by atoms with E-state index in [0.29, 0.717) is 6.54 Å². The summed E-state index contributed by atoms with van der Waals surface area (Å²) in [5, 5.41) is 3.12. The molecule has 18 heavy (non-hydrogen) atoms. The second-order valence-corrected chi connectivity index (χ2v) is 4.59. The van der Waals surface area contributed by atoms with E-state index >= 15 is 0 Å². The number of hydrogen-bond acceptors (Lipinski definition) is 3. The van der Waals surface area contributed by atoms with Crippen molar-refractivity contribution in [3.05, 3.63) is 29.8 Å². The van der Waals surface area contributed by atoms with Crippen LogP contribution in [0.25, 0.3) is 0 Å². The summed E-state index contributed by atoms with van der Waals surface area (Å²) in [4.78, 5) is 17.7. The Balaban J connectivity index is 1.82. The average Bonchev–Trinajstić information content (AvgIpc) is 2.90. The highest BCUT2D eigenvalue weighted by Crippen LogP contribution is 2.10. The van der Waals surface area contributed by atoms with E-state index in [0.717, 1.165) is 31.6 Å². The summed E-state index contributed by atoms with van der Waals surface area (Å²) in [6.45, 7) is 3.95. The van der Waals surface area contributed by atoms with Crippen LogP contribution < -0.4 is 5.32 Å². The summed E-state index contributed by atoms with van der Waals surface area (Å²) in [6.07, 6.45) is 3.39. The van der Waals surface area contributed by atoms with E-state index in [1.54, 1.807) is 6.07 Å². The van der Waals surface area contributed by atoms with Crippen LogP contribution in [0.4, 0.5) is 4.39 Å². The lowest BCUT2D eigenvalue weighted by Gasteiger charge is -2.18. The molecule has 1 unspecified atom stereocenters. The fraction of sp³-hybridized carbons (Fsp3) is 0.538. The van der Waals surface area contributed by atoms with Crippen LogP contribution in [0.3, 0.4) is 0 Å². The minimum Gasteiger partial charge on any atom is -0.342 e. The van der Waals surface area contributed by atoms with E-state index in [-0.39, 0.29) is 17.8 Å². The van der Waals surface area contributed by atoms with Gasteiger partial charge in [-0.15, -0.1) is 0 Å². The first-order valence-corrected chi connectivity index (χ1v) is 6.29. The zero-order valence-electron chi connectivity index (χ0n) is 10.5. The summed E-state index contributed by atoms with van der Waals surface area (Å²) in [5.74, 6) is -0.222. The predicted octanol–water partition coefficient (Wildman–Crippen LogP) is 1.49. The molecule has 1 fully saturated rings. The Bertz CT molecular complexity index is 401. The molecule has 2 heterocycles. The topological polar surface area (TPSA) is 45.2 Å². The molecule has 1 aromatic rings. The van der Waals surface area contributed by atoms with Crippen LogP contribution in [0.1, 0.15) is 31.5 Å². The third-order valence-corrected chi connectivity index (χ3v) is 3.21. The molecular formula is C13H18FN3O. The number of halogens is 1. The average molecular weight is 251 g/mol. The van der Waals surface area contributed by atoms with Crippen molar-refractivity contribution >= 4 is 5.91 Å². The summed E-state index contributed by atoms with van der Waals surface area (Å²) < 4.78 is 12.7. The Kier molecular flexibility index (Phi) is 4.25. The van der Waals surface area contributed by atoms with Gasteiger partial charge in [0.1, 0.15) is 5.82 Å². The number of carbonyl (C=O) groups excluding carboxylic acids is 1. The number of hydrogen-bond donors (Lipinski definition) is 1. The van der Waals surface area contributed by atoms with Crippen LogP contribution in [0.15, 0.2) is 18.3 Å². The monoisotopic (exact) mass is 251 g/mol. The highest BCUT2D eigenvalue weighted by atomic mass is 19.1. The number of likely N-dealkylation sites (tertiary alicyclic amines) is 1. The standard InChI is InChI=1S/C13H18FN3O/c1-10(12-5-4-11(14)8-16-12)15-9-13(18)17-6-2-3-7-17/h4-5,8,10,15H,2-3,6-7,9H2,1H3. The van der Waals surface area contributed by atoms with Gasteiger partial charge in [0, 0.05) is 19.1 Å². The van der Waals surface area contributed by atoms with Gasteiger partial charge in [-0.25, -0.2) is 4.39 Å². The largest absolute Gasteiger partial charge is 0.342 e. The van der Waals surface area contributed by atoms with Crippen LogP contribution in [0.2, 0.25) is 0 Å². The van der Waals surface area contributed by atoms with Gasteiger partial charge in [0.05, 0.1) is 18.4 Å². The van der Waals surface area contributed by atoms with Gasteiger partial charge in [-0.1, -0.05) is 0 Å². The molecule has 1 N–H and O–H groups in total. The van der Waals surface area contributed by atoms with Crippen molar-refractivity contribution in [3.63, 3.8) is 0 Å². The molecule has 1 aliphatic rings. The number of aromatic nitrogens is 1. The predicted molar refractivity (Wildman–Crippen MR) is 66.4 cm³/mol. The van der Waals surface area contributed by atoms with Gasteiger partial charge < -0.3 is 10.2 Å². The molecule has 1 amide bonds. The Morgan fingerprint density at radius 1 is 1.50 bits per heavy atom. The third kappa shape index (κ3) is 3.26. The van der Waals surface area contributed by atoms with E-state index in [4.69, 9.17) is 0 Å². The Hall–Kier alpha value is -1.49. The minimum absolute atomic E-state index is 0.0582. The van der Waals surface area contributed by atoms with Crippen molar-refractivity contribution < 1.29 is 9.18 Å². The van der Waals surface area contributed by atoms with Crippen LogP contribution in [0, 0.1) is 5.82 Å². The molecule has 0 bridgehead atoms. The van der Waals surface area contributed by atoms with Gasteiger partial charge in [0.15, 0.2) is 0 Å².